The van der Waals surface area contributed by atoms with Crippen LogP contribution in [-0.4, -0.2) is 22.8 Å². The van der Waals surface area contributed by atoms with Crippen molar-refractivity contribution in [1.29, 1.82) is 0 Å². The molecule has 0 aliphatic carbocycles. The summed E-state index contributed by atoms with van der Waals surface area (Å²) in [6, 6.07) is 2.92. The van der Waals surface area contributed by atoms with E-state index in [2.05, 4.69) is 18.8 Å². The molecule has 0 radical (unpaired) electrons. The van der Waals surface area contributed by atoms with E-state index < -0.39 is 5.82 Å². The normalized spacial score (nSPS) is 11.7. The van der Waals surface area contributed by atoms with Crippen LogP contribution in [0.3, 0.4) is 0 Å². The highest BCUT2D eigenvalue weighted by atomic mass is 35.5. The van der Waals surface area contributed by atoms with Crippen LogP contribution in [0.25, 0.3) is 11.0 Å². The molecule has 2 aromatic rings. The van der Waals surface area contributed by atoms with Crippen LogP contribution in [0.15, 0.2) is 12.1 Å². The van der Waals surface area contributed by atoms with Gasteiger partial charge in [0.2, 0.25) is 0 Å². The second kappa shape index (κ2) is 7.43. The minimum atomic E-state index is -0.452. The zero-order valence-electron chi connectivity index (χ0n) is 12.2. The summed E-state index contributed by atoms with van der Waals surface area (Å²) < 4.78 is 21.1. The van der Waals surface area contributed by atoms with E-state index in [1.807, 2.05) is 4.57 Å². The Hall–Kier alpha value is -0.840. The number of aromatic nitrogens is 2. The topological polar surface area (TPSA) is 27.1 Å². The molecule has 0 saturated heterocycles. The van der Waals surface area contributed by atoms with Crippen molar-refractivity contribution < 1.29 is 9.13 Å². The summed E-state index contributed by atoms with van der Waals surface area (Å²) in [4.78, 5) is 4.38. The summed E-state index contributed by atoms with van der Waals surface area (Å²) >= 11 is 11.7. The van der Waals surface area contributed by atoms with Gasteiger partial charge in [0.1, 0.15) is 11.6 Å². The molecule has 0 amide bonds. The molecule has 2 rings (SSSR count). The first kappa shape index (κ1) is 16.5. The zero-order valence-corrected chi connectivity index (χ0v) is 13.7. The molecule has 0 saturated carbocycles. The maximum atomic E-state index is 13.6. The van der Waals surface area contributed by atoms with Gasteiger partial charge in [0.25, 0.3) is 0 Å². The van der Waals surface area contributed by atoms with Gasteiger partial charge in [-0.25, -0.2) is 9.37 Å². The molecule has 21 heavy (non-hydrogen) atoms. The number of nitrogens with zero attached hydrogens (tertiary/aromatic N) is 2. The Morgan fingerprint density at radius 1 is 1.33 bits per heavy atom. The Bertz CT molecular complexity index is 613. The van der Waals surface area contributed by atoms with E-state index in [4.69, 9.17) is 27.9 Å². The summed E-state index contributed by atoms with van der Waals surface area (Å²) in [5.74, 6) is 1.13. The largest absolute Gasteiger partial charge is 0.380 e. The minimum Gasteiger partial charge on any atom is -0.380 e. The standard InChI is InChI=1S/C15H19Cl2FN2O/c1-10(2)3-5-21-6-4-20-14-8-12(18)11(17)7-13(14)19-15(20)9-16/h7-8,10H,3-6,9H2,1-2H3. The number of hydrogen-bond donors (Lipinski definition) is 0. The van der Waals surface area contributed by atoms with Crippen LogP contribution in [0.1, 0.15) is 26.1 Å². The smallest absolute Gasteiger partial charge is 0.144 e. The first-order valence-corrected chi connectivity index (χ1v) is 7.92. The van der Waals surface area contributed by atoms with Crippen LogP contribution < -0.4 is 0 Å². The quantitative estimate of drug-likeness (QED) is 0.546. The molecule has 0 aliphatic rings. The van der Waals surface area contributed by atoms with Crippen LogP contribution >= 0.6 is 23.2 Å². The first-order chi connectivity index (χ1) is 10.0. The Balaban J connectivity index is 2.12. The van der Waals surface area contributed by atoms with Crippen LogP contribution in [0.5, 0.6) is 0 Å². The maximum Gasteiger partial charge on any atom is 0.144 e. The zero-order chi connectivity index (χ0) is 15.4. The van der Waals surface area contributed by atoms with Crippen molar-refractivity contribution in [3.63, 3.8) is 0 Å². The van der Waals surface area contributed by atoms with Crippen molar-refractivity contribution in [3.8, 4) is 0 Å². The van der Waals surface area contributed by atoms with Crippen molar-refractivity contribution >= 4 is 34.2 Å². The summed E-state index contributed by atoms with van der Waals surface area (Å²) in [6.07, 6.45) is 1.03. The molecule has 0 fully saturated rings. The lowest BCUT2D eigenvalue weighted by atomic mass is 10.1. The van der Waals surface area contributed by atoms with Crippen molar-refractivity contribution in [2.75, 3.05) is 13.2 Å². The lowest BCUT2D eigenvalue weighted by Crippen LogP contribution is -2.10. The fourth-order valence-electron chi connectivity index (χ4n) is 2.10. The molecule has 0 atom stereocenters. The van der Waals surface area contributed by atoms with Crippen molar-refractivity contribution in [1.82, 2.24) is 9.55 Å². The molecule has 0 unspecified atom stereocenters. The second-order valence-electron chi connectivity index (χ2n) is 5.36. The van der Waals surface area contributed by atoms with E-state index in [0.717, 1.165) is 13.0 Å². The fourth-order valence-corrected chi connectivity index (χ4v) is 2.46. The number of rotatable bonds is 7. The third kappa shape index (κ3) is 4.09. The number of benzene rings is 1. The number of imidazole rings is 1. The number of halogens is 3. The highest BCUT2D eigenvalue weighted by Crippen LogP contribution is 2.24. The van der Waals surface area contributed by atoms with Gasteiger partial charge in [0.15, 0.2) is 0 Å². The minimum absolute atomic E-state index is 0.0708. The number of ether oxygens (including phenoxy) is 1. The SMILES string of the molecule is CC(C)CCOCCn1c(CCl)nc2cc(Cl)c(F)cc21. The van der Waals surface area contributed by atoms with Gasteiger partial charge >= 0.3 is 0 Å². The molecule has 0 spiro atoms. The lowest BCUT2D eigenvalue weighted by molar-refractivity contribution is 0.116. The van der Waals surface area contributed by atoms with E-state index in [1.165, 1.54) is 12.1 Å². The van der Waals surface area contributed by atoms with Gasteiger partial charge in [-0.1, -0.05) is 25.4 Å². The third-order valence-corrected chi connectivity index (χ3v) is 3.82. The van der Waals surface area contributed by atoms with Gasteiger partial charge in [-0.15, -0.1) is 11.6 Å². The van der Waals surface area contributed by atoms with Crippen LogP contribution in [0, 0.1) is 11.7 Å². The van der Waals surface area contributed by atoms with Gasteiger partial charge in [0.05, 0.1) is 28.5 Å². The maximum absolute atomic E-state index is 13.6. The average Bonchev–Trinajstić information content (AvgIpc) is 2.76. The second-order valence-corrected chi connectivity index (χ2v) is 6.04. The van der Waals surface area contributed by atoms with Gasteiger partial charge in [0, 0.05) is 19.2 Å². The molecule has 0 N–H and O–H groups in total. The Morgan fingerprint density at radius 2 is 2.10 bits per heavy atom. The van der Waals surface area contributed by atoms with E-state index in [1.54, 1.807) is 0 Å². The molecule has 116 valence electrons. The highest BCUT2D eigenvalue weighted by molar-refractivity contribution is 6.31. The highest BCUT2D eigenvalue weighted by Gasteiger charge is 2.13. The predicted octanol–water partition coefficient (Wildman–Crippen LogP) is 4.63. The average molecular weight is 333 g/mol. The third-order valence-electron chi connectivity index (χ3n) is 3.29. The molecule has 1 aromatic heterocycles. The lowest BCUT2D eigenvalue weighted by Gasteiger charge is -2.10. The Morgan fingerprint density at radius 3 is 2.76 bits per heavy atom. The van der Waals surface area contributed by atoms with Crippen molar-refractivity contribution in [3.05, 3.63) is 28.8 Å². The van der Waals surface area contributed by atoms with Crippen molar-refractivity contribution in [2.45, 2.75) is 32.7 Å². The summed E-state index contributed by atoms with van der Waals surface area (Å²) in [7, 11) is 0. The van der Waals surface area contributed by atoms with Crippen LogP contribution in [0.2, 0.25) is 5.02 Å². The van der Waals surface area contributed by atoms with Crippen molar-refractivity contribution in [2.24, 2.45) is 5.92 Å². The molecule has 6 heteroatoms. The fraction of sp³-hybridized carbons (Fsp3) is 0.533. The Kier molecular flexibility index (Phi) is 5.85. The molecule has 3 nitrogen and oxygen atoms in total. The summed E-state index contributed by atoms with van der Waals surface area (Å²) in [5.41, 5.74) is 1.35. The summed E-state index contributed by atoms with van der Waals surface area (Å²) in [6.45, 7) is 6.18. The predicted molar refractivity (Wildman–Crippen MR) is 84.5 cm³/mol. The molecular formula is C15H19Cl2FN2O. The van der Waals surface area contributed by atoms with Crippen LogP contribution in [0.4, 0.5) is 4.39 Å². The monoisotopic (exact) mass is 332 g/mol. The molecular weight excluding hydrogens is 314 g/mol. The van der Waals surface area contributed by atoms with Gasteiger partial charge in [-0.05, 0) is 18.4 Å². The van der Waals surface area contributed by atoms with E-state index in [0.29, 0.717) is 35.9 Å². The van der Waals surface area contributed by atoms with Gasteiger partial charge in [-0.2, -0.15) is 0 Å². The molecule has 1 aromatic carbocycles. The van der Waals surface area contributed by atoms with Gasteiger partial charge in [-0.3, -0.25) is 0 Å². The van der Waals surface area contributed by atoms with E-state index >= 15 is 0 Å². The number of fused-ring (bicyclic) bond motifs is 1. The number of alkyl halides is 1. The Labute approximate surface area is 134 Å². The van der Waals surface area contributed by atoms with E-state index in [9.17, 15) is 4.39 Å². The summed E-state index contributed by atoms with van der Waals surface area (Å²) in [5, 5.41) is 0.0708. The van der Waals surface area contributed by atoms with Gasteiger partial charge < -0.3 is 9.30 Å². The molecule has 1 heterocycles. The molecule has 0 aliphatic heterocycles. The molecule has 0 bridgehead atoms. The van der Waals surface area contributed by atoms with E-state index in [-0.39, 0.29) is 10.9 Å². The number of hydrogen-bond acceptors (Lipinski definition) is 2. The first-order valence-electron chi connectivity index (χ1n) is 7.00. The van der Waals surface area contributed by atoms with Crippen LogP contribution in [-0.2, 0) is 17.2 Å².